The summed E-state index contributed by atoms with van der Waals surface area (Å²) in [5.41, 5.74) is 0. The standard InChI is InChI=1S/ClH.Mg.6H2O/h1H;;6*1H2/q;+2;;;;;;/p-7. The second kappa shape index (κ2) is 545. The van der Waals surface area contributed by atoms with Gasteiger partial charge >= 0.3 is 23.1 Å². The van der Waals surface area contributed by atoms with Crippen LogP contribution in [0.5, 0.6) is 0 Å². The Morgan fingerprint density at radius 1 is 0.375 bits per heavy atom. The monoisotopic (exact) mass is 161 g/mol. The first-order chi connectivity index (χ1) is 0. The molecular formula is H6ClMgO6-5. The third-order valence-corrected chi connectivity index (χ3v) is 0. The predicted octanol–water partition coefficient (Wildman–Crippen LogP) is -4.44. The van der Waals surface area contributed by atoms with Crippen LogP contribution in [0.3, 0.4) is 0 Å². The molecule has 0 atom stereocenters. The van der Waals surface area contributed by atoms with Gasteiger partial charge in [-0.3, -0.25) is 0 Å². The van der Waals surface area contributed by atoms with Gasteiger partial charge in [-0.25, -0.2) is 0 Å². The minimum Gasteiger partial charge on any atom is -1.00 e. The molecule has 8 heteroatoms. The Hall–Kier alpha value is 0.816. The molecule has 0 bridgehead atoms. The second-order valence-electron chi connectivity index (χ2n) is 0. The molecule has 0 saturated carbocycles. The van der Waals surface area contributed by atoms with Gasteiger partial charge in [-0.05, 0) is 0 Å². The molecule has 0 aliphatic carbocycles. The van der Waals surface area contributed by atoms with Crippen molar-refractivity contribution in [2.45, 2.75) is 0 Å². The maximum Gasteiger partial charge on any atom is 2.00 e. The van der Waals surface area contributed by atoms with E-state index in [1.54, 1.807) is 0 Å². The first kappa shape index (κ1) is 808. The molecular weight excluding hydrogens is 156 g/mol. The van der Waals surface area contributed by atoms with E-state index < -0.39 is 0 Å². The molecule has 0 aromatic heterocycles. The fourth-order valence-electron chi connectivity index (χ4n) is 0. The molecule has 0 fully saturated rings. The second-order valence-corrected chi connectivity index (χ2v) is 0. The molecule has 0 radical (unpaired) electrons. The SMILES string of the molecule is [Cl-].[Mg+2].[OH-].[OH-].[OH-].[OH-].[OH-].[OH-]. The predicted molar refractivity (Wildman–Crippen MR) is 17.4 cm³/mol. The van der Waals surface area contributed by atoms with Gasteiger partial charge in [0, 0.05) is 0 Å². The van der Waals surface area contributed by atoms with Crippen molar-refractivity contribution >= 4 is 23.1 Å². The molecule has 0 aliphatic rings. The molecule has 56 valence electrons. The largest absolute Gasteiger partial charge is 2.00 e. The van der Waals surface area contributed by atoms with Crippen LogP contribution < -0.4 is 12.4 Å². The van der Waals surface area contributed by atoms with Gasteiger partial charge < -0.3 is 45.3 Å². The quantitative estimate of drug-likeness (QED) is 0.323. The summed E-state index contributed by atoms with van der Waals surface area (Å²) in [4.78, 5) is 0. The van der Waals surface area contributed by atoms with Crippen LogP contribution in [-0.4, -0.2) is 55.9 Å². The van der Waals surface area contributed by atoms with E-state index in [0.29, 0.717) is 0 Å². The molecule has 0 saturated heterocycles. The Morgan fingerprint density at radius 3 is 0.375 bits per heavy atom. The third-order valence-electron chi connectivity index (χ3n) is 0. The van der Waals surface area contributed by atoms with Crippen molar-refractivity contribution in [3.8, 4) is 0 Å². The Kier molecular flexibility index (Phi) is 55100. The van der Waals surface area contributed by atoms with E-state index in [1.807, 2.05) is 0 Å². The summed E-state index contributed by atoms with van der Waals surface area (Å²) >= 11 is 0. The summed E-state index contributed by atoms with van der Waals surface area (Å²) in [7, 11) is 0. The maximum atomic E-state index is 0. The molecule has 8 heavy (non-hydrogen) atoms. The van der Waals surface area contributed by atoms with Gasteiger partial charge in [0.1, 0.15) is 0 Å². The van der Waals surface area contributed by atoms with E-state index in [2.05, 4.69) is 0 Å². The van der Waals surface area contributed by atoms with Crippen LogP contribution in [0.2, 0.25) is 0 Å². The number of hydrogen-bond donors (Lipinski definition) is 0. The van der Waals surface area contributed by atoms with Crippen molar-refractivity contribution in [3.63, 3.8) is 0 Å². The molecule has 0 amide bonds. The average Bonchev–Trinajstić information content (AvgIpc) is 0. The molecule has 0 unspecified atom stereocenters. The van der Waals surface area contributed by atoms with E-state index in [1.165, 1.54) is 0 Å². The maximum absolute atomic E-state index is 0. The zero-order valence-electron chi connectivity index (χ0n) is 3.77. The number of halogens is 1. The van der Waals surface area contributed by atoms with Gasteiger partial charge in [0.2, 0.25) is 0 Å². The van der Waals surface area contributed by atoms with Crippen molar-refractivity contribution in [1.82, 2.24) is 0 Å². The van der Waals surface area contributed by atoms with Gasteiger partial charge in [-0.2, -0.15) is 0 Å². The fraction of sp³-hybridized carbons (Fsp3) is 0. The van der Waals surface area contributed by atoms with E-state index in [9.17, 15) is 0 Å². The summed E-state index contributed by atoms with van der Waals surface area (Å²) in [6.45, 7) is 0. The van der Waals surface area contributed by atoms with Crippen molar-refractivity contribution < 1.29 is 45.3 Å². The zero-order chi connectivity index (χ0) is 0. The first-order valence-corrected chi connectivity index (χ1v) is 0. The van der Waals surface area contributed by atoms with E-state index >= 15 is 0 Å². The topological polar surface area (TPSA) is 180 Å². The third kappa shape index (κ3) is 346. The summed E-state index contributed by atoms with van der Waals surface area (Å²) in [6.07, 6.45) is 0. The van der Waals surface area contributed by atoms with E-state index in [4.69, 9.17) is 0 Å². The molecule has 6 N–H and O–H groups in total. The molecule has 0 aliphatic heterocycles. The Labute approximate surface area is 68.7 Å². The van der Waals surface area contributed by atoms with Gasteiger partial charge in [0.25, 0.3) is 0 Å². The van der Waals surface area contributed by atoms with Gasteiger partial charge in [-0.1, -0.05) is 0 Å². The summed E-state index contributed by atoms with van der Waals surface area (Å²) in [6, 6.07) is 0. The summed E-state index contributed by atoms with van der Waals surface area (Å²) < 4.78 is 0. The van der Waals surface area contributed by atoms with E-state index in [-0.39, 0.29) is 68.3 Å². The first-order valence-electron chi connectivity index (χ1n) is 0. The van der Waals surface area contributed by atoms with Crippen LogP contribution in [0.4, 0.5) is 0 Å². The summed E-state index contributed by atoms with van der Waals surface area (Å²) in [5, 5.41) is 0. The minimum absolute atomic E-state index is 0. The van der Waals surface area contributed by atoms with Gasteiger partial charge in [-0.15, -0.1) is 0 Å². The van der Waals surface area contributed by atoms with Crippen molar-refractivity contribution in [1.29, 1.82) is 0 Å². The molecule has 0 aromatic carbocycles. The van der Waals surface area contributed by atoms with Crippen LogP contribution in [0, 0.1) is 0 Å². The normalized spacial score (nSPS) is 0. The van der Waals surface area contributed by atoms with E-state index in [0.717, 1.165) is 0 Å². The molecule has 0 rings (SSSR count). The number of rotatable bonds is 0. The van der Waals surface area contributed by atoms with Crippen LogP contribution >= 0.6 is 0 Å². The molecule has 6 nitrogen and oxygen atoms in total. The van der Waals surface area contributed by atoms with Gasteiger partial charge in [0.15, 0.2) is 0 Å². The van der Waals surface area contributed by atoms with Crippen LogP contribution in [0.15, 0.2) is 0 Å². The van der Waals surface area contributed by atoms with Crippen LogP contribution in [0.25, 0.3) is 0 Å². The van der Waals surface area contributed by atoms with Crippen LogP contribution in [0.1, 0.15) is 0 Å². The average molecular weight is 162 g/mol. The summed E-state index contributed by atoms with van der Waals surface area (Å²) in [5.74, 6) is 0. The van der Waals surface area contributed by atoms with Crippen molar-refractivity contribution in [2.24, 2.45) is 0 Å². The smallest absolute Gasteiger partial charge is 1.00 e. The minimum atomic E-state index is 0. The zero-order valence-corrected chi connectivity index (χ0v) is 5.94. The van der Waals surface area contributed by atoms with Gasteiger partial charge in [0.05, 0.1) is 0 Å². The fourth-order valence-corrected chi connectivity index (χ4v) is 0. The van der Waals surface area contributed by atoms with Crippen molar-refractivity contribution in [3.05, 3.63) is 0 Å². The molecule has 0 spiro atoms. The Morgan fingerprint density at radius 2 is 0.375 bits per heavy atom. The molecule has 0 heterocycles. The Bertz CT molecular complexity index is 8.49. The van der Waals surface area contributed by atoms with Crippen molar-refractivity contribution in [2.75, 3.05) is 0 Å². The Balaban J connectivity index is 0. The van der Waals surface area contributed by atoms with Crippen LogP contribution in [-0.2, 0) is 0 Å². The number of hydrogen-bond acceptors (Lipinski definition) is 6. The molecule has 0 aromatic rings.